The second-order valence-electron chi connectivity index (χ2n) is 4.10. The number of halogens is 1. The van der Waals surface area contributed by atoms with Gasteiger partial charge in [0.1, 0.15) is 5.82 Å². The molecule has 0 saturated carbocycles. The summed E-state index contributed by atoms with van der Waals surface area (Å²) in [6, 6.07) is 6.49. The summed E-state index contributed by atoms with van der Waals surface area (Å²) < 4.78 is 12.9. The fourth-order valence-corrected chi connectivity index (χ4v) is 2.61. The zero-order chi connectivity index (χ0) is 12.0. The maximum atomic E-state index is 12.9. The summed E-state index contributed by atoms with van der Waals surface area (Å²) >= 11 is 1.51. The Bertz CT molecular complexity index is 317. The van der Waals surface area contributed by atoms with E-state index in [1.807, 2.05) is 6.07 Å². The van der Waals surface area contributed by atoms with Gasteiger partial charge in [0.2, 0.25) is 0 Å². The monoisotopic (exact) mass is 242 g/mol. The molecule has 0 saturated heterocycles. The van der Waals surface area contributed by atoms with Crippen molar-refractivity contribution in [1.29, 1.82) is 0 Å². The maximum absolute atomic E-state index is 12.9. The Morgan fingerprint density at radius 1 is 1.44 bits per heavy atom. The van der Waals surface area contributed by atoms with Crippen molar-refractivity contribution in [3.05, 3.63) is 30.1 Å². The summed E-state index contributed by atoms with van der Waals surface area (Å²) in [5.41, 5.74) is 0. The Morgan fingerprint density at radius 2 is 2.19 bits per heavy atom. The summed E-state index contributed by atoms with van der Waals surface area (Å²) in [5, 5.41) is 9.86. The topological polar surface area (TPSA) is 20.2 Å². The molecule has 0 heterocycles. The Morgan fingerprint density at radius 3 is 2.81 bits per heavy atom. The molecule has 0 spiro atoms. The van der Waals surface area contributed by atoms with E-state index < -0.39 is 0 Å². The van der Waals surface area contributed by atoms with Gasteiger partial charge in [-0.25, -0.2) is 4.39 Å². The van der Waals surface area contributed by atoms with Gasteiger partial charge < -0.3 is 5.11 Å². The van der Waals surface area contributed by atoms with Crippen LogP contribution in [0.15, 0.2) is 29.2 Å². The van der Waals surface area contributed by atoms with E-state index in [1.165, 1.54) is 23.9 Å². The SMILES string of the molecule is CCCC(C)C(O)CSc1cccc(F)c1. The Balaban J connectivity index is 2.39. The van der Waals surface area contributed by atoms with Crippen molar-refractivity contribution in [3.8, 4) is 0 Å². The summed E-state index contributed by atoms with van der Waals surface area (Å²) in [6.45, 7) is 4.17. The number of rotatable bonds is 6. The van der Waals surface area contributed by atoms with E-state index in [9.17, 15) is 9.50 Å². The van der Waals surface area contributed by atoms with Gasteiger partial charge in [-0.05, 0) is 30.5 Å². The van der Waals surface area contributed by atoms with E-state index in [4.69, 9.17) is 0 Å². The minimum Gasteiger partial charge on any atom is -0.392 e. The van der Waals surface area contributed by atoms with E-state index in [0.29, 0.717) is 11.7 Å². The lowest BCUT2D eigenvalue weighted by molar-refractivity contribution is 0.134. The van der Waals surface area contributed by atoms with E-state index in [1.54, 1.807) is 6.07 Å². The van der Waals surface area contributed by atoms with Crippen molar-refractivity contribution in [2.75, 3.05) is 5.75 Å². The maximum Gasteiger partial charge on any atom is 0.124 e. The highest BCUT2D eigenvalue weighted by Gasteiger charge is 2.13. The lowest BCUT2D eigenvalue weighted by Crippen LogP contribution is -2.19. The first-order chi connectivity index (χ1) is 7.63. The van der Waals surface area contributed by atoms with Crippen LogP contribution < -0.4 is 0 Å². The van der Waals surface area contributed by atoms with Crippen LogP contribution in [0, 0.1) is 11.7 Å². The van der Waals surface area contributed by atoms with Gasteiger partial charge in [-0.15, -0.1) is 11.8 Å². The molecule has 90 valence electrons. The molecule has 0 aliphatic rings. The van der Waals surface area contributed by atoms with Gasteiger partial charge in [-0.3, -0.25) is 0 Å². The minimum atomic E-state index is -0.312. The lowest BCUT2D eigenvalue weighted by atomic mass is 10.0. The molecule has 1 rings (SSSR count). The lowest BCUT2D eigenvalue weighted by Gasteiger charge is -2.17. The second kappa shape index (κ2) is 6.92. The summed E-state index contributed by atoms with van der Waals surface area (Å²) in [4.78, 5) is 0.878. The Hall–Kier alpha value is -0.540. The van der Waals surface area contributed by atoms with E-state index in [-0.39, 0.29) is 11.9 Å². The zero-order valence-corrected chi connectivity index (χ0v) is 10.6. The van der Waals surface area contributed by atoms with E-state index >= 15 is 0 Å². The summed E-state index contributed by atoms with van der Waals surface area (Å²) in [5.74, 6) is 0.720. The van der Waals surface area contributed by atoms with Crippen LogP contribution in [0.3, 0.4) is 0 Å². The first kappa shape index (κ1) is 13.5. The average molecular weight is 242 g/mol. The molecule has 0 aromatic heterocycles. The molecule has 1 aromatic carbocycles. The van der Waals surface area contributed by atoms with Crippen LogP contribution in [-0.4, -0.2) is 17.0 Å². The molecule has 3 heteroatoms. The highest BCUT2D eigenvalue weighted by molar-refractivity contribution is 7.99. The van der Waals surface area contributed by atoms with Crippen molar-refractivity contribution < 1.29 is 9.50 Å². The van der Waals surface area contributed by atoms with Crippen molar-refractivity contribution >= 4 is 11.8 Å². The third kappa shape index (κ3) is 4.54. The van der Waals surface area contributed by atoms with Crippen LogP contribution >= 0.6 is 11.8 Å². The molecule has 0 amide bonds. The third-order valence-electron chi connectivity index (χ3n) is 2.62. The van der Waals surface area contributed by atoms with Crippen LogP contribution in [0.4, 0.5) is 4.39 Å². The molecule has 0 fully saturated rings. The molecule has 0 aliphatic carbocycles. The Kier molecular flexibility index (Phi) is 5.85. The molecule has 1 aromatic rings. The smallest absolute Gasteiger partial charge is 0.124 e. The molecular formula is C13H19FOS. The molecule has 1 nitrogen and oxygen atoms in total. The predicted octanol–water partition coefficient (Wildman–Crippen LogP) is 3.71. The van der Waals surface area contributed by atoms with Gasteiger partial charge in [0.15, 0.2) is 0 Å². The number of aliphatic hydroxyl groups excluding tert-OH is 1. The molecule has 0 aliphatic heterocycles. The Labute approximate surface area is 101 Å². The van der Waals surface area contributed by atoms with Gasteiger partial charge in [-0.1, -0.05) is 26.3 Å². The van der Waals surface area contributed by atoms with Gasteiger partial charge >= 0.3 is 0 Å². The molecular weight excluding hydrogens is 223 g/mol. The minimum absolute atomic E-state index is 0.221. The van der Waals surface area contributed by atoms with Gasteiger partial charge in [-0.2, -0.15) is 0 Å². The third-order valence-corrected chi connectivity index (χ3v) is 3.71. The van der Waals surface area contributed by atoms with Crippen molar-refractivity contribution in [2.45, 2.75) is 37.7 Å². The van der Waals surface area contributed by atoms with Crippen molar-refractivity contribution in [1.82, 2.24) is 0 Å². The molecule has 2 atom stereocenters. The van der Waals surface area contributed by atoms with Crippen LogP contribution in [0.2, 0.25) is 0 Å². The average Bonchev–Trinajstić information content (AvgIpc) is 2.26. The van der Waals surface area contributed by atoms with Crippen molar-refractivity contribution in [2.24, 2.45) is 5.92 Å². The number of hydrogen-bond donors (Lipinski definition) is 1. The quantitative estimate of drug-likeness (QED) is 0.767. The predicted molar refractivity (Wildman–Crippen MR) is 67.2 cm³/mol. The van der Waals surface area contributed by atoms with Crippen LogP contribution in [0.1, 0.15) is 26.7 Å². The van der Waals surface area contributed by atoms with Gasteiger partial charge in [0.25, 0.3) is 0 Å². The van der Waals surface area contributed by atoms with Gasteiger partial charge in [0, 0.05) is 10.6 Å². The highest BCUT2D eigenvalue weighted by atomic mass is 32.2. The zero-order valence-electron chi connectivity index (χ0n) is 9.82. The molecule has 1 N–H and O–H groups in total. The van der Waals surface area contributed by atoms with Gasteiger partial charge in [0.05, 0.1) is 6.10 Å². The first-order valence-corrected chi connectivity index (χ1v) is 6.68. The molecule has 16 heavy (non-hydrogen) atoms. The second-order valence-corrected chi connectivity index (χ2v) is 5.20. The largest absolute Gasteiger partial charge is 0.392 e. The fourth-order valence-electron chi connectivity index (χ4n) is 1.55. The number of aliphatic hydroxyl groups is 1. The van der Waals surface area contributed by atoms with Crippen LogP contribution in [-0.2, 0) is 0 Å². The fraction of sp³-hybridized carbons (Fsp3) is 0.538. The standard InChI is InChI=1S/C13H19FOS/c1-3-5-10(2)13(15)9-16-12-7-4-6-11(14)8-12/h4,6-8,10,13,15H,3,5,9H2,1-2H3. The summed E-state index contributed by atoms with van der Waals surface area (Å²) in [7, 11) is 0. The number of benzene rings is 1. The molecule has 0 radical (unpaired) electrons. The van der Waals surface area contributed by atoms with Crippen LogP contribution in [0.25, 0.3) is 0 Å². The van der Waals surface area contributed by atoms with Crippen LogP contribution in [0.5, 0.6) is 0 Å². The number of thioether (sulfide) groups is 1. The summed E-state index contributed by atoms with van der Waals surface area (Å²) in [6.07, 6.45) is 1.81. The van der Waals surface area contributed by atoms with E-state index in [0.717, 1.165) is 17.7 Å². The first-order valence-electron chi connectivity index (χ1n) is 5.70. The highest BCUT2D eigenvalue weighted by Crippen LogP contribution is 2.22. The van der Waals surface area contributed by atoms with E-state index in [2.05, 4.69) is 13.8 Å². The number of hydrogen-bond acceptors (Lipinski definition) is 2. The molecule has 0 bridgehead atoms. The normalized spacial score (nSPS) is 14.8. The van der Waals surface area contributed by atoms with Crippen molar-refractivity contribution in [3.63, 3.8) is 0 Å². The molecule has 2 unspecified atom stereocenters.